The first-order chi connectivity index (χ1) is 9.74. The Balaban J connectivity index is 2.04. The molecule has 1 aromatic rings. The normalized spacial score (nSPS) is 24.6. The van der Waals surface area contributed by atoms with Gasteiger partial charge in [-0.1, -0.05) is 50.5 Å². The first-order valence-corrected chi connectivity index (χ1v) is 8.10. The molecule has 0 amide bonds. The van der Waals surface area contributed by atoms with Crippen LogP contribution >= 0.6 is 0 Å². The topological polar surface area (TPSA) is 21.3 Å². The Morgan fingerprint density at radius 2 is 2.10 bits per heavy atom. The molecule has 0 spiro atoms. The largest absolute Gasteiger partial charge is 0.369 e. The minimum Gasteiger partial charge on any atom is -0.369 e. The fourth-order valence-electron chi connectivity index (χ4n) is 3.33. The third-order valence-electron chi connectivity index (χ3n) is 4.59. The average Bonchev–Trinajstić information content (AvgIpc) is 2.47. The molecule has 20 heavy (non-hydrogen) atoms. The summed E-state index contributed by atoms with van der Waals surface area (Å²) in [5, 5.41) is 3.28. The minimum absolute atomic E-state index is 0.182. The van der Waals surface area contributed by atoms with E-state index < -0.39 is 0 Å². The van der Waals surface area contributed by atoms with Crippen LogP contribution in [0.15, 0.2) is 24.3 Å². The number of nitrogens with one attached hydrogen (secondary N) is 1. The maximum Gasteiger partial charge on any atom is 0.0955 e. The molecule has 0 aliphatic heterocycles. The minimum atomic E-state index is 0.182. The van der Waals surface area contributed by atoms with Crippen molar-refractivity contribution in [3.8, 4) is 0 Å². The zero-order chi connectivity index (χ0) is 14.4. The molecule has 2 nitrogen and oxygen atoms in total. The Bertz CT molecular complexity index is 404. The van der Waals surface area contributed by atoms with Crippen molar-refractivity contribution >= 4 is 0 Å². The van der Waals surface area contributed by atoms with E-state index in [0.717, 1.165) is 12.5 Å². The van der Waals surface area contributed by atoms with Crippen molar-refractivity contribution < 1.29 is 4.74 Å². The SMILES string of the molecule is CCC1CCCC(OC(CNC)c2ccccc2C)C1. The molecule has 0 saturated heterocycles. The van der Waals surface area contributed by atoms with Crippen molar-refractivity contribution in [3.05, 3.63) is 35.4 Å². The van der Waals surface area contributed by atoms with Gasteiger partial charge in [-0.05, 0) is 43.9 Å². The molecule has 1 aliphatic carbocycles. The van der Waals surface area contributed by atoms with Crippen molar-refractivity contribution in [3.63, 3.8) is 0 Å². The zero-order valence-corrected chi connectivity index (χ0v) is 13.2. The van der Waals surface area contributed by atoms with Crippen LogP contribution in [-0.4, -0.2) is 19.7 Å². The van der Waals surface area contributed by atoms with Crippen LogP contribution in [0.3, 0.4) is 0 Å². The smallest absolute Gasteiger partial charge is 0.0955 e. The lowest BCUT2D eigenvalue weighted by molar-refractivity contribution is -0.0411. The molecule has 0 radical (unpaired) electrons. The first-order valence-electron chi connectivity index (χ1n) is 8.10. The van der Waals surface area contributed by atoms with Gasteiger partial charge >= 0.3 is 0 Å². The summed E-state index contributed by atoms with van der Waals surface area (Å²) in [7, 11) is 2.00. The number of aryl methyl sites for hydroxylation is 1. The predicted octanol–water partition coefficient (Wildman–Crippen LogP) is 4.24. The molecule has 0 aromatic heterocycles. The van der Waals surface area contributed by atoms with Gasteiger partial charge in [0.1, 0.15) is 0 Å². The Labute approximate surface area is 123 Å². The quantitative estimate of drug-likeness (QED) is 0.838. The number of hydrogen-bond acceptors (Lipinski definition) is 2. The lowest BCUT2D eigenvalue weighted by Gasteiger charge is -2.32. The Morgan fingerprint density at radius 1 is 1.30 bits per heavy atom. The molecule has 0 bridgehead atoms. The van der Waals surface area contributed by atoms with Gasteiger partial charge < -0.3 is 10.1 Å². The summed E-state index contributed by atoms with van der Waals surface area (Å²) in [6, 6.07) is 8.60. The molecule has 2 heteroatoms. The maximum absolute atomic E-state index is 6.47. The van der Waals surface area contributed by atoms with Crippen LogP contribution in [0.4, 0.5) is 0 Å². The van der Waals surface area contributed by atoms with E-state index in [1.165, 1.54) is 43.2 Å². The molecule has 112 valence electrons. The maximum atomic E-state index is 6.47. The van der Waals surface area contributed by atoms with E-state index in [2.05, 4.69) is 43.4 Å². The fourth-order valence-corrected chi connectivity index (χ4v) is 3.33. The zero-order valence-electron chi connectivity index (χ0n) is 13.2. The van der Waals surface area contributed by atoms with Gasteiger partial charge in [0, 0.05) is 6.54 Å². The molecule has 0 heterocycles. The van der Waals surface area contributed by atoms with Gasteiger partial charge in [-0.25, -0.2) is 0 Å². The number of likely N-dealkylation sites (N-methyl/N-ethyl adjacent to an activating group) is 1. The standard InChI is InChI=1S/C18H29NO/c1-4-15-9-7-10-16(12-15)20-18(13-19-3)17-11-6-5-8-14(17)2/h5-6,8,11,15-16,18-19H,4,7,9-10,12-13H2,1-3H3. The monoisotopic (exact) mass is 275 g/mol. The van der Waals surface area contributed by atoms with Crippen LogP contribution < -0.4 is 5.32 Å². The second-order valence-electron chi connectivity index (χ2n) is 6.10. The second-order valence-corrected chi connectivity index (χ2v) is 6.10. The summed E-state index contributed by atoms with van der Waals surface area (Å²) in [6.07, 6.45) is 7.08. The Morgan fingerprint density at radius 3 is 2.80 bits per heavy atom. The van der Waals surface area contributed by atoms with Gasteiger partial charge in [0.25, 0.3) is 0 Å². The first kappa shape index (κ1) is 15.5. The van der Waals surface area contributed by atoms with Gasteiger partial charge in [-0.2, -0.15) is 0 Å². The van der Waals surface area contributed by atoms with Crippen LogP contribution in [0, 0.1) is 12.8 Å². The van der Waals surface area contributed by atoms with E-state index in [1.807, 2.05) is 7.05 Å². The van der Waals surface area contributed by atoms with E-state index in [1.54, 1.807) is 0 Å². The van der Waals surface area contributed by atoms with Gasteiger partial charge in [0.2, 0.25) is 0 Å². The number of hydrogen-bond donors (Lipinski definition) is 1. The summed E-state index contributed by atoms with van der Waals surface area (Å²) in [6.45, 7) is 5.37. The molecular weight excluding hydrogens is 246 g/mol. The lowest BCUT2D eigenvalue weighted by atomic mass is 9.85. The molecule has 3 unspecified atom stereocenters. The molecule has 1 aliphatic rings. The summed E-state index contributed by atoms with van der Waals surface area (Å²) in [5.41, 5.74) is 2.66. The summed E-state index contributed by atoms with van der Waals surface area (Å²) in [4.78, 5) is 0. The average molecular weight is 275 g/mol. The third kappa shape index (κ3) is 4.07. The van der Waals surface area contributed by atoms with E-state index in [4.69, 9.17) is 4.74 Å². The number of rotatable bonds is 6. The van der Waals surface area contributed by atoms with Crippen molar-refractivity contribution in [2.24, 2.45) is 5.92 Å². The van der Waals surface area contributed by atoms with Crippen LogP contribution in [0.1, 0.15) is 56.3 Å². The van der Waals surface area contributed by atoms with Crippen molar-refractivity contribution in [1.82, 2.24) is 5.32 Å². The molecule has 3 atom stereocenters. The van der Waals surface area contributed by atoms with Gasteiger partial charge in [-0.15, -0.1) is 0 Å². The highest BCUT2D eigenvalue weighted by Crippen LogP contribution is 2.32. The molecular formula is C18H29NO. The van der Waals surface area contributed by atoms with Gasteiger partial charge in [0.05, 0.1) is 12.2 Å². The van der Waals surface area contributed by atoms with E-state index in [-0.39, 0.29) is 6.10 Å². The van der Waals surface area contributed by atoms with Crippen molar-refractivity contribution in [1.29, 1.82) is 0 Å². The highest BCUT2D eigenvalue weighted by atomic mass is 16.5. The molecule has 1 aromatic carbocycles. The van der Waals surface area contributed by atoms with Crippen LogP contribution in [0.2, 0.25) is 0 Å². The van der Waals surface area contributed by atoms with Crippen molar-refractivity contribution in [2.45, 2.75) is 58.2 Å². The van der Waals surface area contributed by atoms with E-state index in [0.29, 0.717) is 6.10 Å². The molecule has 2 rings (SSSR count). The van der Waals surface area contributed by atoms with Crippen LogP contribution in [-0.2, 0) is 4.74 Å². The molecule has 1 saturated carbocycles. The second kappa shape index (κ2) is 7.80. The number of ether oxygens (including phenoxy) is 1. The van der Waals surface area contributed by atoms with Crippen molar-refractivity contribution in [2.75, 3.05) is 13.6 Å². The van der Waals surface area contributed by atoms with Crippen LogP contribution in [0.25, 0.3) is 0 Å². The van der Waals surface area contributed by atoms with E-state index >= 15 is 0 Å². The highest BCUT2D eigenvalue weighted by Gasteiger charge is 2.25. The highest BCUT2D eigenvalue weighted by molar-refractivity contribution is 5.28. The van der Waals surface area contributed by atoms with E-state index in [9.17, 15) is 0 Å². The summed E-state index contributed by atoms with van der Waals surface area (Å²) < 4.78 is 6.47. The number of benzene rings is 1. The predicted molar refractivity (Wildman–Crippen MR) is 85.0 cm³/mol. The fraction of sp³-hybridized carbons (Fsp3) is 0.667. The molecule has 1 fully saturated rings. The summed E-state index contributed by atoms with van der Waals surface area (Å²) >= 11 is 0. The van der Waals surface area contributed by atoms with Gasteiger partial charge in [0.15, 0.2) is 0 Å². The van der Waals surface area contributed by atoms with Crippen LogP contribution in [0.5, 0.6) is 0 Å². The third-order valence-corrected chi connectivity index (χ3v) is 4.59. The Hall–Kier alpha value is -0.860. The van der Waals surface area contributed by atoms with Gasteiger partial charge in [-0.3, -0.25) is 0 Å². The molecule has 1 N–H and O–H groups in total. The summed E-state index contributed by atoms with van der Waals surface area (Å²) in [5.74, 6) is 0.862. The lowest BCUT2D eigenvalue weighted by Crippen LogP contribution is -2.29. The Kier molecular flexibility index (Phi) is 6.06.